The number of hydrogen-bond acceptors (Lipinski definition) is 8. The Balaban J connectivity index is 0.000000765. The van der Waals surface area contributed by atoms with Crippen LogP contribution >= 0.6 is 0 Å². The molecule has 1 amide bonds. The Kier molecular flexibility index (Phi) is 11.5. The summed E-state index contributed by atoms with van der Waals surface area (Å²) >= 11 is 0. The highest BCUT2D eigenvalue weighted by molar-refractivity contribution is 7.89. The van der Waals surface area contributed by atoms with Crippen molar-refractivity contribution < 1.29 is 46.9 Å². The summed E-state index contributed by atoms with van der Waals surface area (Å²) < 4.78 is 46.3. The molecule has 2 N–H and O–H groups in total. The number of rotatable bonds is 9. The largest absolute Gasteiger partial charge is 0.497 e. The van der Waals surface area contributed by atoms with Gasteiger partial charge in [0, 0.05) is 23.6 Å². The molecule has 43 heavy (non-hydrogen) atoms. The highest BCUT2D eigenvalue weighted by Crippen LogP contribution is 2.24. The van der Waals surface area contributed by atoms with E-state index in [2.05, 4.69) is 4.90 Å². The molecule has 4 rings (SSSR count). The smallest absolute Gasteiger partial charge is 0.414 e. The molecular formula is C30H31FN2O9S. The summed E-state index contributed by atoms with van der Waals surface area (Å²) in [6, 6.07) is 19.8. The van der Waals surface area contributed by atoms with Crippen LogP contribution in [0.1, 0.15) is 33.6 Å². The zero-order valence-corrected chi connectivity index (χ0v) is 24.1. The summed E-state index contributed by atoms with van der Waals surface area (Å²) in [7, 11) is -2.63. The van der Waals surface area contributed by atoms with Crippen molar-refractivity contribution in [3.8, 4) is 5.75 Å². The molecule has 1 aliphatic heterocycles. The summed E-state index contributed by atoms with van der Waals surface area (Å²) in [5.74, 6) is -4.30. The molecule has 1 fully saturated rings. The van der Waals surface area contributed by atoms with E-state index in [1.54, 1.807) is 42.5 Å². The second-order valence-electron chi connectivity index (χ2n) is 9.52. The molecule has 0 bridgehead atoms. The summed E-state index contributed by atoms with van der Waals surface area (Å²) in [4.78, 5) is 46.4. The topological polar surface area (TPSA) is 159 Å². The molecular weight excluding hydrogens is 583 g/mol. The van der Waals surface area contributed by atoms with E-state index in [9.17, 15) is 22.4 Å². The average molecular weight is 615 g/mol. The van der Waals surface area contributed by atoms with Crippen LogP contribution in [0.2, 0.25) is 0 Å². The normalized spacial score (nSPS) is 13.7. The third kappa shape index (κ3) is 8.93. The standard InChI is InChI=1S/C28H29FN2O5S.C2H2O4/c1-36-25-11-13-26(14-12-25)37(34,35)31(28(33)23-5-3-2-4-6-23)20-19-30-17-15-22(16-18-30)27(32)21-7-9-24(29)10-8-21;3-1(4)2(5)6/h2-14,22H,15-20H2,1H3;(H,3,4)(H,5,6). The quantitative estimate of drug-likeness (QED) is 0.270. The van der Waals surface area contributed by atoms with Gasteiger partial charge in [-0.2, -0.15) is 0 Å². The first kappa shape index (κ1) is 32.9. The lowest BCUT2D eigenvalue weighted by Gasteiger charge is -2.33. The second-order valence-corrected chi connectivity index (χ2v) is 11.4. The minimum atomic E-state index is -4.12. The maximum absolute atomic E-state index is 13.5. The van der Waals surface area contributed by atoms with Gasteiger partial charge in [0.15, 0.2) is 5.78 Å². The number of hydrogen-bond donors (Lipinski definition) is 2. The first-order chi connectivity index (χ1) is 20.4. The second kappa shape index (κ2) is 15.0. The van der Waals surface area contributed by atoms with E-state index in [1.807, 2.05) is 0 Å². The first-order valence-electron chi connectivity index (χ1n) is 13.2. The number of amides is 1. The molecule has 0 spiro atoms. The van der Waals surface area contributed by atoms with E-state index in [4.69, 9.17) is 24.5 Å². The fourth-order valence-electron chi connectivity index (χ4n) is 4.43. The van der Waals surface area contributed by atoms with E-state index in [0.29, 0.717) is 43.8 Å². The van der Waals surface area contributed by atoms with Crippen molar-refractivity contribution in [3.05, 3.63) is 95.8 Å². The molecule has 228 valence electrons. The van der Waals surface area contributed by atoms with Crippen LogP contribution in [0.4, 0.5) is 4.39 Å². The fraction of sp³-hybridized carbons (Fsp3) is 0.267. The number of halogens is 1. The van der Waals surface area contributed by atoms with Crippen molar-refractivity contribution in [2.75, 3.05) is 33.3 Å². The van der Waals surface area contributed by atoms with E-state index in [-0.39, 0.29) is 34.5 Å². The van der Waals surface area contributed by atoms with Gasteiger partial charge < -0.3 is 19.8 Å². The molecule has 13 heteroatoms. The molecule has 1 aliphatic rings. The van der Waals surface area contributed by atoms with Crippen molar-refractivity contribution in [2.45, 2.75) is 17.7 Å². The van der Waals surface area contributed by atoms with Crippen LogP contribution in [0.3, 0.4) is 0 Å². The van der Waals surface area contributed by atoms with Crippen LogP contribution in [0.15, 0.2) is 83.8 Å². The molecule has 11 nitrogen and oxygen atoms in total. The van der Waals surface area contributed by atoms with Gasteiger partial charge in [0.25, 0.3) is 15.9 Å². The maximum Gasteiger partial charge on any atom is 0.414 e. The summed E-state index contributed by atoms with van der Waals surface area (Å²) in [6.45, 7) is 1.49. The fourth-order valence-corrected chi connectivity index (χ4v) is 5.81. The summed E-state index contributed by atoms with van der Waals surface area (Å²) in [5, 5.41) is 14.8. The average Bonchev–Trinajstić information content (AvgIpc) is 3.02. The first-order valence-corrected chi connectivity index (χ1v) is 14.6. The van der Waals surface area contributed by atoms with Crippen LogP contribution in [-0.2, 0) is 19.6 Å². The molecule has 0 aliphatic carbocycles. The molecule has 0 aromatic heterocycles. The Labute approximate surface area is 248 Å². The molecule has 1 heterocycles. The highest BCUT2D eigenvalue weighted by Gasteiger charge is 2.32. The summed E-state index contributed by atoms with van der Waals surface area (Å²) in [5.41, 5.74) is 0.772. The van der Waals surface area contributed by atoms with Crippen LogP contribution in [-0.4, -0.2) is 84.8 Å². The van der Waals surface area contributed by atoms with Gasteiger partial charge in [0.2, 0.25) is 0 Å². The van der Waals surface area contributed by atoms with Crippen molar-refractivity contribution in [3.63, 3.8) is 0 Å². The Morgan fingerprint density at radius 2 is 1.42 bits per heavy atom. The van der Waals surface area contributed by atoms with Crippen LogP contribution in [0.5, 0.6) is 5.75 Å². The third-order valence-electron chi connectivity index (χ3n) is 6.78. The third-order valence-corrected chi connectivity index (χ3v) is 8.58. The number of benzene rings is 3. The van der Waals surface area contributed by atoms with Gasteiger partial charge in [-0.15, -0.1) is 0 Å². The van der Waals surface area contributed by atoms with Gasteiger partial charge in [-0.1, -0.05) is 18.2 Å². The predicted molar refractivity (Wildman–Crippen MR) is 153 cm³/mol. The van der Waals surface area contributed by atoms with Gasteiger partial charge in [0.05, 0.1) is 18.6 Å². The number of ether oxygens (including phenoxy) is 1. The number of nitrogens with zero attached hydrogens (tertiary/aromatic N) is 2. The number of piperidine rings is 1. The highest BCUT2D eigenvalue weighted by atomic mass is 32.2. The molecule has 0 unspecified atom stereocenters. The number of aliphatic carboxylic acids is 2. The molecule has 0 atom stereocenters. The predicted octanol–water partition coefficient (Wildman–Crippen LogP) is 3.42. The molecule has 0 radical (unpaired) electrons. The number of carbonyl (C=O) groups excluding carboxylic acids is 2. The van der Waals surface area contributed by atoms with Gasteiger partial charge >= 0.3 is 11.9 Å². The van der Waals surface area contributed by atoms with Crippen LogP contribution < -0.4 is 4.74 Å². The van der Waals surface area contributed by atoms with E-state index < -0.39 is 27.9 Å². The number of methoxy groups -OCH3 is 1. The summed E-state index contributed by atoms with van der Waals surface area (Å²) in [6.07, 6.45) is 1.21. The lowest BCUT2D eigenvalue weighted by atomic mass is 9.89. The Hall–Kier alpha value is -4.62. The van der Waals surface area contributed by atoms with Gasteiger partial charge in [-0.25, -0.2) is 26.7 Å². The number of ketones is 1. The van der Waals surface area contributed by atoms with E-state index in [0.717, 1.165) is 4.31 Å². The lowest BCUT2D eigenvalue weighted by molar-refractivity contribution is -0.159. The SMILES string of the molecule is COc1ccc(S(=O)(=O)N(CCN2CCC(C(=O)c3ccc(F)cc3)CC2)C(=O)c2ccccc2)cc1.O=C(O)C(=O)O. The zero-order chi connectivity index (χ0) is 31.6. The Bertz CT molecular complexity index is 1510. The van der Waals surface area contributed by atoms with Crippen LogP contribution in [0, 0.1) is 11.7 Å². The van der Waals surface area contributed by atoms with Crippen molar-refractivity contribution in [1.29, 1.82) is 0 Å². The molecule has 1 saturated heterocycles. The molecule has 3 aromatic carbocycles. The Morgan fingerprint density at radius 1 is 0.860 bits per heavy atom. The number of likely N-dealkylation sites (tertiary alicyclic amines) is 1. The van der Waals surface area contributed by atoms with Crippen molar-refractivity contribution in [1.82, 2.24) is 9.21 Å². The minimum Gasteiger partial charge on any atom is -0.497 e. The molecule has 3 aromatic rings. The lowest BCUT2D eigenvalue weighted by Crippen LogP contribution is -2.44. The van der Waals surface area contributed by atoms with Gasteiger partial charge in [0.1, 0.15) is 11.6 Å². The zero-order valence-electron chi connectivity index (χ0n) is 23.3. The number of carboxylic acids is 2. The number of sulfonamides is 1. The van der Waals surface area contributed by atoms with Gasteiger partial charge in [-0.3, -0.25) is 9.59 Å². The number of carbonyl (C=O) groups is 4. The minimum absolute atomic E-state index is 0.00110. The van der Waals surface area contributed by atoms with Crippen molar-refractivity contribution >= 4 is 33.7 Å². The molecule has 0 saturated carbocycles. The maximum atomic E-state index is 13.5. The van der Waals surface area contributed by atoms with Crippen LogP contribution in [0.25, 0.3) is 0 Å². The van der Waals surface area contributed by atoms with Gasteiger partial charge in [-0.05, 0) is 86.6 Å². The number of carboxylic acid groups (broad SMARTS) is 2. The Morgan fingerprint density at radius 3 is 1.93 bits per heavy atom. The van der Waals surface area contributed by atoms with E-state index in [1.165, 1.54) is 43.5 Å². The van der Waals surface area contributed by atoms with E-state index >= 15 is 0 Å². The number of Topliss-reactive ketones (excluding diaryl/α,β-unsaturated/α-hetero) is 1. The monoisotopic (exact) mass is 614 g/mol. The van der Waals surface area contributed by atoms with Crippen molar-refractivity contribution in [2.24, 2.45) is 5.92 Å².